The van der Waals surface area contributed by atoms with Gasteiger partial charge >= 0.3 is 5.97 Å². The first kappa shape index (κ1) is 20.4. The molecule has 0 unspecified atom stereocenters. The molecule has 0 aliphatic heterocycles. The minimum atomic E-state index is -0.932. The summed E-state index contributed by atoms with van der Waals surface area (Å²) in [4.78, 5) is 40.6. The van der Waals surface area contributed by atoms with E-state index in [1.165, 1.54) is 25.2 Å². The van der Waals surface area contributed by atoms with Crippen LogP contribution in [0.1, 0.15) is 36.5 Å². The fourth-order valence-corrected chi connectivity index (χ4v) is 3.19. The number of benzene rings is 1. The van der Waals surface area contributed by atoms with Crippen LogP contribution in [0.25, 0.3) is 10.7 Å². The van der Waals surface area contributed by atoms with Crippen molar-refractivity contribution in [1.29, 1.82) is 0 Å². The Kier molecular flexibility index (Phi) is 6.50. The van der Waals surface area contributed by atoms with E-state index in [9.17, 15) is 14.4 Å². The summed E-state index contributed by atoms with van der Waals surface area (Å²) in [5.41, 5.74) is 0.970. The van der Waals surface area contributed by atoms with Crippen molar-refractivity contribution in [2.24, 2.45) is 0 Å². The Labute approximate surface area is 170 Å². The Morgan fingerprint density at radius 2 is 1.97 bits per heavy atom. The Balaban J connectivity index is 1.49. The number of esters is 1. The Bertz CT molecular complexity index is 996. The van der Waals surface area contributed by atoms with E-state index in [0.29, 0.717) is 23.0 Å². The van der Waals surface area contributed by atoms with Crippen LogP contribution >= 0.6 is 11.3 Å². The van der Waals surface area contributed by atoms with Gasteiger partial charge in [0.1, 0.15) is 0 Å². The van der Waals surface area contributed by atoms with Crippen LogP contribution in [0.5, 0.6) is 0 Å². The quantitative estimate of drug-likeness (QED) is 0.444. The zero-order chi connectivity index (χ0) is 20.8. The second-order valence-corrected chi connectivity index (χ2v) is 7.19. The number of anilines is 1. The summed E-state index contributed by atoms with van der Waals surface area (Å²) >= 11 is 1.49. The summed E-state index contributed by atoms with van der Waals surface area (Å²) in [7, 11) is 0. The first-order chi connectivity index (χ1) is 13.9. The van der Waals surface area contributed by atoms with Gasteiger partial charge in [0.25, 0.3) is 0 Å². The zero-order valence-corrected chi connectivity index (χ0v) is 16.7. The molecule has 1 aromatic carbocycles. The third-order valence-electron chi connectivity index (χ3n) is 3.92. The van der Waals surface area contributed by atoms with E-state index in [-0.39, 0.29) is 24.5 Å². The minimum absolute atomic E-state index is 0.0190. The van der Waals surface area contributed by atoms with Gasteiger partial charge in [-0.2, -0.15) is 4.98 Å². The van der Waals surface area contributed by atoms with E-state index in [1.54, 1.807) is 24.3 Å². The van der Waals surface area contributed by atoms with Gasteiger partial charge in [-0.05, 0) is 42.6 Å². The third kappa shape index (κ3) is 5.58. The molecule has 0 spiro atoms. The fraction of sp³-hybridized carbons (Fsp3) is 0.250. The number of thiophene rings is 1. The highest BCUT2D eigenvalue weighted by atomic mass is 32.1. The highest BCUT2D eigenvalue weighted by molar-refractivity contribution is 7.13. The number of ether oxygens (including phenoxy) is 1. The summed E-state index contributed by atoms with van der Waals surface area (Å²) in [5.74, 6) is -0.246. The molecule has 0 saturated carbocycles. The lowest BCUT2D eigenvalue weighted by Crippen LogP contribution is -2.24. The molecule has 2 aromatic heterocycles. The molecule has 0 aliphatic carbocycles. The molecule has 0 aliphatic rings. The van der Waals surface area contributed by atoms with Crippen molar-refractivity contribution in [3.05, 3.63) is 53.2 Å². The standard InChI is InChI=1S/C20H19N3O5S/c1-12(19(26)14-5-7-15(8-6-14)21-13(2)24)27-18(25)10-9-17-22-20(23-28-17)16-4-3-11-29-16/h3-8,11-12H,9-10H2,1-2H3,(H,21,24)/t12-/m0/s1. The number of nitrogens with one attached hydrogen (secondary N) is 1. The second kappa shape index (κ2) is 9.24. The monoisotopic (exact) mass is 413 g/mol. The summed E-state index contributed by atoms with van der Waals surface area (Å²) in [6, 6.07) is 10.1. The lowest BCUT2D eigenvalue weighted by molar-refractivity contribution is -0.146. The summed E-state index contributed by atoms with van der Waals surface area (Å²) in [6.07, 6.45) is -0.687. The van der Waals surface area contributed by atoms with Crippen molar-refractivity contribution >= 4 is 34.7 Å². The van der Waals surface area contributed by atoms with E-state index in [2.05, 4.69) is 15.5 Å². The van der Waals surface area contributed by atoms with Crippen molar-refractivity contribution in [1.82, 2.24) is 10.1 Å². The number of Topliss-reactive ketones (excluding diaryl/α,β-unsaturated/α-hetero) is 1. The van der Waals surface area contributed by atoms with Gasteiger partial charge in [-0.1, -0.05) is 11.2 Å². The van der Waals surface area contributed by atoms with E-state index in [0.717, 1.165) is 4.88 Å². The highest BCUT2D eigenvalue weighted by Crippen LogP contribution is 2.21. The Hall–Kier alpha value is -3.33. The largest absolute Gasteiger partial charge is 0.454 e. The molecule has 0 bridgehead atoms. The molecule has 9 heteroatoms. The van der Waals surface area contributed by atoms with Crippen LogP contribution < -0.4 is 5.32 Å². The first-order valence-electron chi connectivity index (χ1n) is 8.90. The molecule has 1 amide bonds. The van der Waals surface area contributed by atoms with E-state index in [4.69, 9.17) is 9.26 Å². The summed E-state index contributed by atoms with van der Waals surface area (Å²) < 4.78 is 10.4. The number of aryl methyl sites for hydroxylation is 1. The molecule has 1 N–H and O–H groups in total. The van der Waals surface area contributed by atoms with E-state index < -0.39 is 12.1 Å². The Morgan fingerprint density at radius 1 is 1.21 bits per heavy atom. The number of hydrogen-bond donors (Lipinski definition) is 1. The van der Waals surface area contributed by atoms with Gasteiger partial charge in [-0.15, -0.1) is 11.3 Å². The predicted molar refractivity (Wildman–Crippen MR) is 107 cm³/mol. The van der Waals surface area contributed by atoms with Gasteiger partial charge in [0.05, 0.1) is 11.3 Å². The van der Waals surface area contributed by atoms with Gasteiger partial charge in [0.15, 0.2) is 6.10 Å². The molecule has 1 atom stereocenters. The second-order valence-electron chi connectivity index (χ2n) is 6.24. The maximum absolute atomic E-state index is 12.4. The maximum atomic E-state index is 12.4. The van der Waals surface area contributed by atoms with E-state index >= 15 is 0 Å². The van der Waals surface area contributed by atoms with Gasteiger partial charge < -0.3 is 14.6 Å². The molecular formula is C20H19N3O5S. The molecule has 150 valence electrons. The number of carbonyl (C=O) groups excluding carboxylic acids is 3. The summed E-state index contributed by atoms with van der Waals surface area (Å²) in [5, 5.41) is 8.41. The minimum Gasteiger partial charge on any atom is -0.454 e. The zero-order valence-electron chi connectivity index (χ0n) is 15.9. The molecule has 3 aromatic rings. The van der Waals surface area contributed by atoms with Crippen LogP contribution in [0.2, 0.25) is 0 Å². The molecular weight excluding hydrogens is 394 g/mol. The number of amides is 1. The van der Waals surface area contributed by atoms with Gasteiger partial charge in [-0.3, -0.25) is 14.4 Å². The van der Waals surface area contributed by atoms with Crippen molar-refractivity contribution in [3.8, 4) is 10.7 Å². The molecule has 0 fully saturated rings. The van der Waals surface area contributed by atoms with Gasteiger partial charge in [0, 0.05) is 24.6 Å². The van der Waals surface area contributed by atoms with Crippen LogP contribution in [0.4, 0.5) is 5.69 Å². The maximum Gasteiger partial charge on any atom is 0.307 e. The lowest BCUT2D eigenvalue weighted by atomic mass is 10.1. The summed E-state index contributed by atoms with van der Waals surface area (Å²) in [6.45, 7) is 2.92. The molecule has 29 heavy (non-hydrogen) atoms. The number of rotatable bonds is 8. The SMILES string of the molecule is CC(=O)Nc1ccc(C(=O)[C@H](C)OC(=O)CCc2nc(-c3cccs3)no2)cc1. The van der Waals surface area contributed by atoms with Crippen molar-refractivity contribution in [3.63, 3.8) is 0 Å². The van der Waals surface area contributed by atoms with Crippen LogP contribution in [0.15, 0.2) is 46.3 Å². The molecule has 3 rings (SSSR count). The number of hydrogen-bond acceptors (Lipinski definition) is 8. The molecule has 8 nitrogen and oxygen atoms in total. The lowest BCUT2D eigenvalue weighted by Gasteiger charge is -2.12. The van der Waals surface area contributed by atoms with Crippen LogP contribution in [-0.2, 0) is 20.7 Å². The number of aromatic nitrogens is 2. The van der Waals surface area contributed by atoms with Gasteiger partial charge in [0.2, 0.25) is 23.4 Å². The van der Waals surface area contributed by atoms with E-state index in [1.807, 2.05) is 17.5 Å². The number of ketones is 1. The first-order valence-corrected chi connectivity index (χ1v) is 9.78. The topological polar surface area (TPSA) is 111 Å². The average molecular weight is 413 g/mol. The Morgan fingerprint density at radius 3 is 2.62 bits per heavy atom. The average Bonchev–Trinajstić information content (AvgIpc) is 3.37. The molecule has 0 radical (unpaired) electrons. The fourth-order valence-electron chi connectivity index (χ4n) is 2.54. The van der Waals surface area contributed by atoms with Gasteiger partial charge in [-0.25, -0.2) is 0 Å². The smallest absolute Gasteiger partial charge is 0.307 e. The highest BCUT2D eigenvalue weighted by Gasteiger charge is 2.20. The van der Waals surface area contributed by atoms with Crippen LogP contribution in [0.3, 0.4) is 0 Å². The number of nitrogens with zero attached hydrogens (tertiary/aromatic N) is 2. The van der Waals surface area contributed by atoms with Crippen molar-refractivity contribution < 1.29 is 23.6 Å². The normalized spacial score (nSPS) is 11.7. The van der Waals surface area contributed by atoms with Crippen molar-refractivity contribution in [2.45, 2.75) is 32.8 Å². The van der Waals surface area contributed by atoms with Crippen LogP contribution in [0, 0.1) is 0 Å². The van der Waals surface area contributed by atoms with Crippen LogP contribution in [-0.4, -0.2) is 33.9 Å². The molecule has 0 saturated heterocycles. The predicted octanol–water partition coefficient (Wildman–Crippen LogP) is 3.50. The molecule has 2 heterocycles. The number of carbonyl (C=O) groups is 3. The van der Waals surface area contributed by atoms with Crippen molar-refractivity contribution in [2.75, 3.05) is 5.32 Å². The third-order valence-corrected chi connectivity index (χ3v) is 4.79.